The van der Waals surface area contributed by atoms with Crippen LogP contribution in [0.2, 0.25) is 0 Å². The molecule has 0 aliphatic carbocycles. The summed E-state index contributed by atoms with van der Waals surface area (Å²) in [6.45, 7) is 4.62. The highest BCUT2D eigenvalue weighted by molar-refractivity contribution is 7.80. The zero-order chi connectivity index (χ0) is 22.9. The van der Waals surface area contributed by atoms with Crippen LogP contribution in [0.15, 0.2) is 78.9 Å². The Morgan fingerprint density at radius 2 is 1.41 bits per heavy atom. The molecule has 3 rings (SSSR count). The third-order valence-electron chi connectivity index (χ3n) is 4.72. The summed E-state index contributed by atoms with van der Waals surface area (Å²) >= 11 is 5.09. The van der Waals surface area contributed by atoms with Crippen LogP contribution in [0.25, 0.3) is 0 Å². The lowest BCUT2D eigenvalue weighted by Crippen LogP contribution is -2.48. The number of nitrogens with one attached hydrogen (secondary N) is 3. The molecule has 0 heterocycles. The van der Waals surface area contributed by atoms with Gasteiger partial charge < -0.3 is 4.74 Å². The Labute approximate surface area is 193 Å². The predicted octanol–water partition coefficient (Wildman–Crippen LogP) is 4.34. The normalized spacial score (nSPS) is 10.3. The minimum absolute atomic E-state index is 0.000833. The standard InChI is InChI=1S/C25H25N3O3S/c1-17(2)19-8-10-20(11-9-19)23(29)26-25(32)28-27-24(30)21-12-14-22(15-13-21)31-16-18-6-4-3-5-7-18/h3-15,17H,16H2,1-2H3,(H,27,30)(H2,26,28,29,32). The SMILES string of the molecule is CC(C)c1ccc(C(=O)NC(=S)NNC(=O)c2ccc(OCc3ccccc3)cc2)cc1. The zero-order valence-corrected chi connectivity index (χ0v) is 18.7. The lowest BCUT2D eigenvalue weighted by atomic mass is 10.0. The Morgan fingerprint density at radius 1 is 0.812 bits per heavy atom. The molecule has 3 aromatic rings. The van der Waals surface area contributed by atoms with Crippen molar-refractivity contribution < 1.29 is 14.3 Å². The van der Waals surface area contributed by atoms with Crippen LogP contribution >= 0.6 is 12.2 Å². The highest BCUT2D eigenvalue weighted by Crippen LogP contribution is 2.15. The molecule has 3 N–H and O–H groups in total. The Balaban J connectivity index is 1.45. The van der Waals surface area contributed by atoms with E-state index in [0.29, 0.717) is 29.4 Å². The van der Waals surface area contributed by atoms with Gasteiger partial charge in [-0.3, -0.25) is 25.8 Å². The summed E-state index contributed by atoms with van der Waals surface area (Å²) < 4.78 is 5.72. The fourth-order valence-electron chi connectivity index (χ4n) is 2.86. The van der Waals surface area contributed by atoms with Crippen molar-refractivity contribution in [3.63, 3.8) is 0 Å². The van der Waals surface area contributed by atoms with Crippen molar-refractivity contribution in [1.82, 2.24) is 16.2 Å². The largest absolute Gasteiger partial charge is 0.489 e. The lowest BCUT2D eigenvalue weighted by Gasteiger charge is -2.12. The molecule has 32 heavy (non-hydrogen) atoms. The first kappa shape index (κ1) is 23.0. The molecule has 6 nitrogen and oxygen atoms in total. The average Bonchev–Trinajstić information content (AvgIpc) is 2.82. The number of carbonyl (C=O) groups excluding carboxylic acids is 2. The van der Waals surface area contributed by atoms with Gasteiger partial charge in [0.1, 0.15) is 12.4 Å². The Kier molecular flexibility index (Phi) is 7.94. The van der Waals surface area contributed by atoms with Crippen molar-refractivity contribution in [2.24, 2.45) is 0 Å². The van der Waals surface area contributed by atoms with Crippen LogP contribution in [-0.2, 0) is 6.61 Å². The van der Waals surface area contributed by atoms with Crippen LogP contribution in [0, 0.1) is 0 Å². The van der Waals surface area contributed by atoms with Crippen LogP contribution in [0.4, 0.5) is 0 Å². The smallest absolute Gasteiger partial charge is 0.269 e. The third kappa shape index (κ3) is 6.65. The molecule has 7 heteroatoms. The minimum atomic E-state index is -0.391. The highest BCUT2D eigenvalue weighted by Gasteiger charge is 2.10. The van der Waals surface area contributed by atoms with E-state index in [1.165, 1.54) is 0 Å². The van der Waals surface area contributed by atoms with Crippen molar-refractivity contribution in [2.45, 2.75) is 26.4 Å². The quantitative estimate of drug-likeness (QED) is 0.387. The number of rotatable bonds is 6. The molecule has 2 amide bonds. The van der Waals surface area contributed by atoms with Crippen LogP contribution in [0.5, 0.6) is 5.75 Å². The van der Waals surface area contributed by atoms with Gasteiger partial charge in [0.25, 0.3) is 11.8 Å². The van der Waals surface area contributed by atoms with Crippen molar-refractivity contribution >= 4 is 29.1 Å². The maximum absolute atomic E-state index is 12.3. The summed E-state index contributed by atoms with van der Waals surface area (Å²) in [6, 6.07) is 23.9. The van der Waals surface area contributed by atoms with Gasteiger partial charge in [0.2, 0.25) is 0 Å². The van der Waals surface area contributed by atoms with Gasteiger partial charge in [-0.05, 0) is 65.7 Å². The lowest BCUT2D eigenvalue weighted by molar-refractivity contribution is 0.0934. The molecule has 0 radical (unpaired) electrons. The number of hydrogen-bond acceptors (Lipinski definition) is 4. The average molecular weight is 448 g/mol. The van der Waals surface area contributed by atoms with Gasteiger partial charge in [-0.25, -0.2) is 0 Å². The summed E-state index contributed by atoms with van der Waals surface area (Å²) in [7, 11) is 0. The van der Waals surface area contributed by atoms with E-state index in [9.17, 15) is 9.59 Å². The summed E-state index contributed by atoms with van der Waals surface area (Å²) in [6.07, 6.45) is 0. The maximum Gasteiger partial charge on any atom is 0.269 e. The number of carbonyl (C=O) groups is 2. The molecule has 0 saturated heterocycles. The summed E-state index contributed by atoms with van der Waals surface area (Å²) in [5, 5.41) is 2.54. The molecule has 0 saturated carbocycles. The van der Waals surface area contributed by atoms with Gasteiger partial charge in [-0.1, -0.05) is 56.3 Å². The fraction of sp³-hybridized carbons (Fsp3) is 0.160. The van der Waals surface area contributed by atoms with Crippen molar-refractivity contribution in [2.75, 3.05) is 0 Å². The van der Waals surface area contributed by atoms with E-state index >= 15 is 0 Å². The van der Waals surface area contributed by atoms with Crippen LogP contribution in [0.1, 0.15) is 51.6 Å². The van der Waals surface area contributed by atoms with Crippen molar-refractivity contribution in [3.05, 3.63) is 101 Å². The maximum atomic E-state index is 12.3. The first-order valence-corrected chi connectivity index (χ1v) is 10.6. The van der Waals surface area contributed by atoms with Crippen LogP contribution in [-0.4, -0.2) is 16.9 Å². The molecule has 3 aromatic carbocycles. The topological polar surface area (TPSA) is 79.5 Å². The Bertz CT molecular complexity index is 1070. The molecule has 0 aliphatic heterocycles. The van der Waals surface area contributed by atoms with Gasteiger partial charge in [-0.15, -0.1) is 0 Å². The molecule has 0 unspecified atom stereocenters. The predicted molar refractivity (Wildman–Crippen MR) is 128 cm³/mol. The molecule has 0 spiro atoms. The van der Waals surface area contributed by atoms with E-state index in [2.05, 4.69) is 30.0 Å². The summed E-state index contributed by atoms with van der Waals surface area (Å²) in [4.78, 5) is 24.6. The van der Waals surface area contributed by atoms with Gasteiger partial charge in [0.15, 0.2) is 5.11 Å². The van der Waals surface area contributed by atoms with E-state index in [-0.39, 0.29) is 11.0 Å². The number of thiocarbonyl (C=S) groups is 1. The second-order valence-electron chi connectivity index (χ2n) is 7.44. The van der Waals surface area contributed by atoms with E-state index < -0.39 is 5.91 Å². The number of hydrazine groups is 1. The second-order valence-corrected chi connectivity index (χ2v) is 7.85. The second kappa shape index (κ2) is 11.1. The molecule has 0 atom stereocenters. The van der Waals surface area contributed by atoms with Crippen molar-refractivity contribution in [3.8, 4) is 5.75 Å². The van der Waals surface area contributed by atoms with Crippen LogP contribution < -0.4 is 20.9 Å². The molecular weight excluding hydrogens is 422 g/mol. The molecule has 0 aliphatic rings. The van der Waals surface area contributed by atoms with E-state index in [4.69, 9.17) is 17.0 Å². The third-order valence-corrected chi connectivity index (χ3v) is 4.93. The van der Waals surface area contributed by atoms with Gasteiger partial charge in [0, 0.05) is 11.1 Å². The Hall–Kier alpha value is -3.71. The van der Waals surface area contributed by atoms with Crippen LogP contribution in [0.3, 0.4) is 0 Å². The minimum Gasteiger partial charge on any atom is -0.489 e. The highest BCUT2D eigenvalue weighted by atomic mass is 32.1. The summed E-state index contributed by atoms with van der Waals surface area (Å²) in [5.74, 6) is 0.295. The summed E-state index contributed by atoms with van der Waals surface area (Å²) in [5.41, 5.74) is 8.12. The number of hydrogen-bond donors (Lipinski definition) is 3. The molecule has 0 aromatic heterocycles. The molecule has 0 fully saturated rings. The Morgan fingerprint density at radius 3 is 2.03 bits per heavy atom. The van der Waals surface area contributed by atoms with Gasteiger partial charge in [-0.2, -0.15) is 0 Å². The van der Waals surface area contributed by atoms with Crippen molar-refractivity contribution in [1.29, 1.82) is 0 Å². The molecular formula is C25H25N3O3S. The van der Waals surface area contributed by atoms with E-state index in [0.717, 1.165) is 11.1 Å². The zero-order valence-electron chi connectivity index (χ0n) is 17.9. The van der Waals surface area contributed by atoms with Gasteiger partial charge in [0.05, 0.1) is 0 Å². The number of benzene rings is 3. The first-order valence-electron chi connectivity index (χ1n) is 10.2. The number of amides is 2. The monoisotopic (exact) mass is 447 g/mol. The molecule has 0 bridgehead atoms. The molecule has 164 valence electrons. The fourth-order valence-corrected chi connectivity index (χ4v) is 3.00. The first-order chi connectivity index (χ1) is 15.4. The van der Waals surface area contributed by atoms with E-state index in [1.54, 1.807) is 36.4 Å². The van der Waals surface area contributed by atoms with E-state index in [1.807, 2.05) is 42.5 Å². The van der Waals surface area contributed by atoms with Gasteiger partial charge >= 0.3 is 0 Å². The number of ether oxygens (including phenoxy) is 1.